The maximum atomic E-state index is 10.1. The highest BCUT2D eigenvalue weighted by molar-refractivity contribution is 7.50. The molecule has 1 heterocycles. The fourth-order valence-corrected chi connectivity index (χ4v) is 1.16. The van der Waals surface area contributed by atoms with Crippen molar-refractivity contribution >= 4 is 13.6 Å². The molecule has 1 rings (SSSR count). The highest BCUT2D eigenvalue weighted by Crippen LogP contribution is 2.29. The van der Waals surface area contributed by atoms with Gasteiger partial charge in [0, 0.05) is 0 Å². The van der Waals surface area contributed by atoms with Crippen LogP contribution >= 0.6 is 7.80 Å². The molecule has 3 heteroatoms. The van der Waals surface area contributed by atoms with E-state index in [1.807, 2.05) is 0 Å². The topological polar surface area (TPSA) is 34.1 Å². The molecule has 1 saturated heterocycles. The van der Waals surface area contributed by atoms with Gasteiger partial charge in [0.15, 0.2) is 0 Å². The second kappa shape index (κ2) is 1.19. The SMILES string of the molecule is O=C1C[PH](=O)C1. The van der Waals surface area contributed by atoms with Crippen molar-refractivity contribution in [3.8, 4) is 0 Å². The molecule has 0 aromatic carbocycles. The zero-order valence-electron chi connectivity index (χ0n) is 3.23. The smallest absolute Gasteiger partial charge is 0.146 e. The van der Waals surface area contributed by atoms with E-state index in [0.717, 1.165) is 0 Å². The summed E-state index contributed by atoms with van der Waals surface area (Å²) in [4.78, 5) is 9.94. The van der Waals surface area contributed by atoms with Gasteiger partial charge in [-0.1, -0.05) is 0 Å². The fraction of sp³-hybridized carbons (Fsp3) is 0.667. The van der Waals surface area contributed by atoms with Crippen molar-refractivity contribution in [1.29, 1.82) is 0 Å². The molecule has 0 aromatic heterocycles. The van der Waals surface area contributed by atoms with Crippen LogP contribution < -0.4 is 0 Å². The summed E-state index contributed by atoms with van der Waals surface area (Å²) in [6.45, 7) is 0. The number of ketones is 1. The third kappa shape index (κ3) is 0.526. The van der Waals surface area contributed by atoms with Gasteiger partial charge >= 0.3 is 0 Å². The highest BCUT2D eigenvalue weighted by Gasteiger charge is 2.19. The van der Waals surface area contributed by atoms with Gasteiger partial charge in [0.1, 0.15) is 5.78 Å². The zero-order valence-corrected chi connectivity index (χ0v) is 4.23. The summed E-state index contributed by atoms with van der Waals surface area (Å²) < 4.78 is 10.1. The molecular weight excluding hydrogens is 99.0 g/mol. The zero-order chi connectivity index (χ0) is 4.57. The average molecular weight is 104 g/mol. The fourth-order valence-electron chi connectivity index (χ4n) is 0.388. The van der Waals surface area contributed by atoms with Crippen LogP contribution in [0.5, 0.6) is 0 Å². The molecule has 0 aromatic rings. The molecule has 1 aliphatic rings. The first-order valence-electron chi connectivity index (χ1n) is 1.82. The Morgan fingerprint density at radius 2 is 2.00 bits per heavy atom. The van der Waals surface area contributed by atoms with Gasteiger partial charge in [0.05, 0.1) is 20.1 Å². The van der Waals surface area contributed by atoms with Crippen LogP contribution in [-0.4, -0.2) is 18.1 Å². The Morgan fingerprint density at radius 1 is 1.50 bits per heavy atom. The minimum absolute atomic E-state index is 0.166. The number of rotatable bonds is 0. The Morgan fingerprint density at radius 3 is 2.00 bits per heavy atom. The first-order valence-corrected chi connectivity index (χ1v) is 3.64. The van der Waals surface area contributed by atoms with Crippen molar-refractivity contribution in [3.63, 3.8) is 0 Å². The van der Waals surface area contributed by atoms with Crippen molar-refractivity contribution in [3.05, 3.63) is 0 Å². The number of carbonyl (C=O) groups excluding carboxylic acids is 1. The first-order chi connectivity index (χ1) is 2.79. The van der Waals surface area contributed by atoms with Gasteiger partial charge in [-0.3, -0.25) is 4.79 Å². The third-order valence-electron chi connectivity index (χ3n) is 0.789. The normalized spacial score (nSPS) is 23.7. The molecule has 0 bridgehead atoms. The van der Waals surface area contributed by atoms with E-state index in [1.165, 1.54) is 0 Å². The predicted molar refractivity (Wildman–Crippen MR) is 23.7 cm³/mol. The quantitative estimate of drug-likeness (QED) is 0.409. The lowest BCUT2D eigenvalue weighted by atomic mass is 10.5. The molecule has 0 spiro atoms. The van der Waals surface area contributed by atoms with Crippen LogP contribution in [0.2, 0.25) is 0 Å². The van der Waals surface area contributed by atoms with Crippen molar-refractivity contribution in [2.45, 2.75) is 0 Å². The molecule has 34 valence electrons. The van der Waals surface area contributed by atoms with Crippen molar-refractivity contribution in [2.24, 2.45) is 0 Å². The van der Waals surface area contributed by atoms with Crippen LogP contribution in [0.4, 0.5) is 0 Å². The van der Waals surface area contributed by atoms with Gasteiger partial charge in [-0.05, 0) is 0 Å². The van der Waals surface area contributed by atoms with E-state index in [-0.39, 0.29) is 5.78 Å². The van der Waals surface area contributed by atoms with E-state index < -0.39 is 7.80 Å². The van der Waals surface area contributed by atoms with E-state index in [2.05, 4.69) is 0 Å². The Bertz CT molecular complexity index is 85.4. The number of Topliss-reactive ketones (excluding diaryl/α,β-unsaturated/α-hetero) is 1. The lowest BCUT2D eigenvalue weighted by Gasteiger charge is -2.06. The van der Waals surface area contributed by atoms with Gasteiger partial charge in [-0.25, -0.2) is 0 Å². The van der Waals surface area contributed by atoms with Gasteiger partial charge in [-0.15, -0.1) is 0 Å². The van der Waals surface area contributed by atoms with E-state index in [0.29, 0.717) is 12.3 Å². The molecule has 1 aliphatic heterocycles. The molecule has 0 saturated carbocycles. The maximum absolute atomic E-state index is 10.1. The summed E-state index contributed by atoms with van der Waals surface area (Å²) in [7, 11) is -1.34. The van der Waals surface area contributed by atoms with Crippen LogP contribution in [0.1, 0.15) is 0 Å². The molecule has 0 atom stereocenters. The second-order valence-electron chi connectivity index (χ2n) is 1.43. The van der Waals surface area contributed by atoms with Crippen LogP contribution in [0.15, 0.2) is 0 Å². The van der Waals surface area contributed by atoms with E-state index in [1.54, 1.807) is 0 Å². The molecule has 6 heavy (non-hydrogen) atoms. The third-order valence-corrected chi connectivity index (χ3v) is 2.37. The van der Waals surface area contributed by atoms with Gasteiger partial charge < -0.3 is 4.57 Å². The van der Waals surface area contributed by atoms with Crippen molar-refractivity contribution in [2.75, 3.05) is 12.3 Å². The molecule has 0 aliphatic carbocycles. The Kier molecular flexibility index (Phi) is 0.810. The molecule has 0 radical (unpaired) electrons. The van der Waals surface area contributed by atoms with Crippen LogP contribution in [-0.2, 0) is 9.36 Å². The van der Waals surface area contributed by atoms with Gasteiger partial charge in [0.2, 0.25) is 0 Å². The van der Waals surface area contributed by atoms with Crippen LogP contribution in [0.25, 0.3) is 0 Å². The first kappa shape index (κ1) is 4.07. The Hall–Kier alpha value is -0.100. The molecule has 1 fully saturated rings. The largest absolute Gasteiger partial charge is 0.326 e. The standard InChI is InChI=1S/C3H5O2P/c4-3-1-6(5)2-3/h6H,1-2H2. The van der Waals surface area contributed by atoms with Crippen molar-refractivity contribution < 1.29 is 9.36 Å². The number of hydrogen-bond acceptors (Lipinski definition) is 2. The average Bonchev–Trinajstić information content (AvgIpc) is 1.33. The van der Waals surface area contributed by atoms with Crippen molar-refractivity contribution in [1.82, 2.24) is 0 Å². The van der Waals surface area contributed by atoms with Crippen LogP contribution in [0, 0.1) is 0 Å². The number of hydrogen-bond donors (Lipinski definition) is 0. The monoisotopic (exact) mass is 104 g/mol. The van der Waals surface area contributed by atoms with E-state index in [9.17, 15) is 9.36 Å². The number of carbonyl (C=O) groups is 1. The Labute approximate surface area is 36.3 Å². The van der Waals surface area contributed by atoms with Crippen LogP contribution in [0.3, 0.4) is 0 Å². The highest BCUT2D eigenvalue weighted by atomic mass is 31.1. The summed E-state index contributed by atoms with van der Waals surface area (Å²) in [6, 6.07) is 0. The molecule has 0 unspecified atom stereocenters. The lowest BCUT2D eigenvalue weighted by molar-refractivity contribution is -0.115. The molecule has 0 N–H and O–H groups in total. The molecule has 2 nitrogen and oxygen atoms in total. The summed E-state index contributed by atoms with van der Waals surface area (Å²) in [5.41, 5.74) is 0. The van der Waals surface area contributed by atoms with Gasteiger partial charge in [0.25, 0.3) is 0 Å². The summed E-state index contributed by atoms with van der Waals surface area (Å²) in [5, 5.41) is 0. The summed E-state index contributed by atoms with van der Waals surface area (Å²) in [6.07, 6.45) is 0.759. The van der Waals surface area contributed by atoms with E-state index >= 15 is 0 Å². The maximum Gasteiger partial charge on any atom is 0.146 e. The summed E-state index contributed by atoms with van der Waals surface area (Å²) in [5.74, 6) is 0.166. The minimum Gasteiger partial charge on any atom is -0.326 e. The van der Waals surface area contributed by atoms with Gasteiger partial charge in [-0.2, -0.15) is 0 Å². The summed E-state index contributed by atoms with van der Waals surface area (Å²) >= 11 is 0. The van der Waals surface area contributed by atoms with E-state index in [4.69, 9.17) is 0 Å². The molecular formula is C3H5O2P. The molecule has 0 amide bonds. The lowest BCUT2D eigenvalue weighted by Crippen LogP contribution is -2.15. The predicted octanol–water partition coefficient (Wildman–Crippen LogP) is 0.129. The minimum atomic E-state index is -1.34. The second-order valence-corrected chi connectivity index (χ2v) is 3.22. The Balaban J connectivity index is 2.47.